The molecule has 98 valence electrons. The van der Waals surface area contributed by atoms with E-state index in [4.69, 9.17) is 11.6 Å². The molecule has 19 heavy (non-hydrogen) atoms. The molecule has 0 amide bonds. The van der Waals surface area contributed by atoms with Crippen LogP contribution in [0.2, 0.25) is 5.02 Å². The molecule has 5 heteroatoms. The normalized spacial score (nSPS) is 10.6. The molecular formula is C14H8Br3ClO. The van der Waals surface area contributed by atoms with E-state index in [1.807, 2.05) is 19.1 Å². The molecule has 0 saturated heterocycles. The molecule has 0 aliphatic rings. The Hall–Kier alpha value is -0.160. The van der Waals surface area contributed by atoms with E-state index in [9.17, 15) is 4.79 Å². The Kier molecular flexibility index (Phi) is 4.88. The number of carbonyl (C=O) groups excluding carboxylic acids is 1. The maximum absolute atomic E-state index is 12.5. The second-order valence-electron chi connectivity index (χ2n) is 4.04. The predicted octanol–water partition coefficient (Wildman–Crippen LogP) is 6.17. The van der Waals surface area contributed by atoms with Crippen molar-refractivity contribution in [1.29, 1.82) is 0 Å². The van der Waals surface area contributed by atoms with Gasteiger partial charge in [0.1, 0.15) is 0 Å². The van der Waals surface area contributed by atoms with Crippen molar-refractivity contribution in [3.8, 4) is 0 Å². The number of ketones is 1. The second-order valence-corrected chi connectivity index (χ2v) is 7.01. The van der Waals surface area contributed by atoms with Gasteiger partial charge in [0.2, 0.25) is 0 Å². The molecule has 0 N–H and O–H groups in total. The van der Waals surface area contributed by atoms with Crippen LogP contribution in [-0.4, -0.2) is 5.78 Å². The van der Waals surface area contributed by atoms with Crippen molar-refractivity contribution in [3.05, 3.63) is 65.5 Å². The Bertz CT molecular complexity index is 668. The summed E-state index contributed by atoms with van der Waals surface area (Å²) in [6, 6.07) is 8.89. The van der Waals surface area contributed by atoms with Crippen molar-refractivity contribution < 1.29 is 4.79 Å². The third kappa shape index (κ3) is 3.30. The minimum absolute atomic E-state index is 0.0510. The standard InChI is InChI=1S/C14H8Br3ClO/c1-7-4-11(16)9(6-10(7)15)14(19)8-2-3-13(18)12(17)5-8/h2-6H,1H3. The molecule has 0 aliphatic heterocycles. The molecular weight excluding hydrogens is 459 g/mol. The smallest absolute Gasteiger partial charge is 0.194 e. The zero-order chi connectivity index (χ0) is 14.2. The number of hydrogen-bond donors (Lipinski definition) is 0. The van der Waals surface area contributed by atoms with Crippen LogP contribution in [0.15, 0.2) is 43.7 Å². The molecule has 2 aromatic rings. The van der Waals surface area contributed by atoms with Gasteiger partial charge in [-0.2, -0.15) is 0 Å². The van der Waals surface area contributed by atoms with Crippen molar-refractivity contribution in [2.75, 3.05) is 0 Å². The highest BCUT2D eigenvalue weighted by atomic mass is 79.9. The summed E-state index contributed by atoms with van der Waals surface area (Å²) in [7, 11) is 0. The lowest BCUT2D eigenvalue weighted by atomic mass is 10.0. The van der Waals surface area contributed by atoms with Crippen LogP contribution in [0.25, 0.3) is 0 Å². The average Bonchev–Trinajstić information content (AvgIpc) is 2.36. The van der Waals surface area contributed by atoms with Crippen molar-refractivity contribution in [2.24, 2.45) is 0 Å². The van der Waals surface area contributed by atoms with Crippen molar-refractivity contribution in [2.45, 2.75) is 6.92 Å². The summed E-state index contributed by atoms with van der Waals surface area (Å²) in [5.74, 6) is -0.0510. The summed E-state index contributed by atoms with van der Waals surface area (Å²) in [5, 5.41) is 0.584. The number of rotatable bonds is 2. The molecule has 0 unspecified atom stereocenters. The molecule has 0 radical (unpaired) electrons. The molecule has 0 spiro atoms. The first-order valence-electron chi connectivity index (χ1n) is 5.35. The van der Waals surface area contributed by atoms with E-state index in [1.54, 1.807) is 18.2 Å². The fourth-order valence-electron chi connectivity index (χ4n) is 1.61. The number of halogens is 4. The summed E-state index contributed by atoms with van der Waals surface area (Å²) in [6.45, 7) is 1.97. The van der Waals surface area contributed by atoms with Crippen molar-refractivity contribution >= 4 is 65.2 Å². The van der Waals surface area contributed by atoms with Crippen LogP contribution in [0, 0.1) is 6.92 Å². The lowest BCUT2D eigenvalue weighted by molar-refractivity contribution is 0.103. The van der Waals surface area contributed by atoms with Gasteiger partial charge in [-0.05, 0) is 58.7 Å². The summed E-state index contributed by atoms with van der Waals surface area (Å²) >= 11 is 16.1. The molecule has 0 heterocycles. The van der Waals surface area contributed by atoms with E-state index < -0.39 is 0 Å². The summed E-state index contributed by atoms with van der Waals surface area (Å²) in [6.07, 6.45) is 0. The molecule has 0 saturated carbocycles. The largest absolute Gasteiger partial charge is 0.289 e. The van der Waals surface area contributed by atoms with Gasteiger partial charge in [-0.3, -0.25) is 4.79 Å². The monoisotopic (exact) mass is 464 g/mol. The highest BCUT2D eigenvalue weighted by Crippen LogP contribution is 2.29. The molecule has 1 nitrogen and oxygen atoms in total. The van der Waals surface area contributed by atoms with E-state index in [1.165, 1.54) is 0 Å². The maximum Gasteiger partial charge on any atom is 0.194 e. The average molecular weight is 467 g/mol. The van der Waals surface area contributed by atoms with Gasteiger partial charge in [0.05, 0.1) is 5.02 Å². The Balaban J connectivity index is 2.49. The van der Waals surface area contributed by atoms with Crippen LogP contribution < -0.4 is 0 Å². The third-order valence-corrected chi connectivity index (χ3v) is 5.40. The van der Waals surface area contributed by atoms with Gasteiger partial charge in [-0.25, -0.2) is 0 Å². The van der Waals surface area contributed by atoms with Crippen molar-refractivity contribution in [1.82, 2.24) is 0 Å². The van der Waals surface area contributed by atoms with Crippen LogP contribution in [0.4, 0.5) is 0 Å². The first-order valence-corrected chi connectivity index (χ1v) is 8.11. The molecule has 0 bridgehead atoms. The number of carbonyl (C=O) groups is 1. The number of hydrogen-bond acceptors (Lipinski definition) is 1. The molecule has 2 rings (SSSR count). The maximum atomic E-state index is 12.5. The second kappa shape index (κ2) is 6.08. The SMILES string of the molecule is Cc1cc(Br)c(C(=O)c2ccc(Cl)c(Br)c2)cc1Br. The van der Waals surface area contributed by atoms with Crippen LogP contribution in [0.5, 0.6) is 0 Å². The van der Waals surface area contributed by atoms with E-state index in [0.717, 1.165) is 14.5 Å². The van der Waals surface area contributed by atoms with Gasteiger partial charge in [-0.15, -0.1) is 0 Å². The summed E-state index contributed by atoms with van der Waals surface area (Å²) in [4.78, 5) is 12.5. The van der Waals surface area contributed by atoms with E-state index in [2.05, 4.69) is 47.8 Å². The number of benzene rings is 2. The van der Waals surface area contributed by atoms with E-state index in [-0.39, 0.29) is 5.78 Å². The van der Waals surface area contributed by atoms with Gasteiger partial charge < -0.3 is 0 Å². The zero-order valence-corrected chi connectivity index (χ0v) is 15.3. The van der Waals surface area contributed by atoms with Gasteiger partial charge in [-0.1, -0.05) is 43.5 Å². The number of aryl methyl sites for hydroxylation is 1. The highest BCUT2D eigenvalue weighted by Gasteiger charge is 2.15. The molecule has 0 aliphatic carbocycles. The third-order valence-electron chi connectivity index (χ3n) is 2.67. The van der Waals surface area contributed by atoms with Crippen LogP contribution in [0.1, 0.15) is 21.5 Å². The minimum Gasteiger partial charge on any atom is -0.289 e. The van der Waals surface area contributed by atoms with E-state index in [0.29, 0.717) is 20.6 Å². The van der Waals surface area contributed by atoms with Crippen molar-refractivity contribution in [3.63, 3.8) is 0 Å². The molecule has 2 aromatic carbocycles. The molecule has 0 atom stereocenters. The Morgan fingerprint density at radius 3 is 2.32 bits per heavy atom. The lowest BCUT2D eigenvalue weighted by Crippen LogP contribution is -2.03. The first kappa shape index (κ1) is 15.2. The van der Waals surface area contributed by atoms with Gasteiger partial charge >= 0.3 is 0 Å². The Labute approximate surface area is 141 Å². The quantitative estimate of drug-likeness (QED) is 0.483. The molecule has 0 aromatic heterocycles. The van der Waals surface area contributed by atoms with Crippen LogP contribution in [0.3, 0.4) is 0 Å². The lowest BCUT2D eigenvalue weighted by Gasteiger charge is -2.08. The molecule has 0 fully saturated rings. The van der Waals surface area contributed by atoms with E-state index >= 15 is 0 Å². The van der Waals surface area contributed by atoms with Gasteiger partial charge in [0, 0.05) is 24.5 Å². The predicted molar refractivity (Wildman–Crippen MR) is 89.2 cm³/mol. The van der Waals surface area contributed by atoms with Crippen LogP contribution >= 0.6 is 59.4 Å². The van der Waals surface area contributed by atoms with Gasteiger partial charge in [0.25, 0.3) is 0 Å². The fraction of sp³-hybridized carbons (Fsp3) is 0.0714. The Morgan fingerprint density at radius 2 is 1.68 bits per heavy atom. The first-order chi connectivity index (χ1) is 8.90. The van der Waals surface area contributed by atoms with Gasteiger partial charge in [0.15, 0.2) is 5.78 Å². The zero-order valence-electron chi connectivity index (χ0n) is 9.81. The minimum atomic E-state index is -0.0510. The highest BCUT2D eigenvalue weighted by molar-refractivity contribution is 9.11. The van der Waals surface area contributed by atoms with Crippen LogP contribution in [-0.2, 0) is 0 Å². The summed E-state index contributed by atoms with van der Waals surface area (Å²) < 4.78 is 2.40. The topological polar surface area (TPSA) is 17.1 Å². The summed E-state index contributed by atoms with van der Waals surface area (Å²) in [5.41, 5.74) is 2.28. The Morgan fingerprint density at radius 1 is 1.00 bits per heavy atom. The fourth-order valence-corrected chi connectivity index (χ4v) is 3.09.